The summed E-state index contributed by atoms with van der Waals surface area (Å²) in [5.41, 5.74) is 0. The van der Waals surface area contributed by atoms with Crippen LogP contribution >= 0.6 is 0 Å². The minimum absolute atomic E-state index is 0.101. The molecular formula is C48H80O6. The highest BCUT2D eigenvalue weighted by Gasteiger charge is 2.19. The van der Waals surface area contributed by atoms with Crippen LogP contribution in [0.2, 0.25) is 0 Å². The number of esters is 3. The zero-order valence-corrected chi connectivity index (χ0v) is 35.0. The number of rotatable bonds is 38. The maximum atomic E-state index is 12.6. The first kappa shape index (κ1) is 50.9. The molecule has 0 aromatic rings. The third kappa shape index (κ3) is 40.0. The van der Waals surface area contributed by atoms with E-state index in [2.05, 4.69) is 81.5 Å². The molecular weight excluding hydrogens is 673 g/mol. The Morgan fingerprint density at radius 3 is 1.30 bits per heavy atom. The zero-order chi connectivity index (χ0) is 39.4. The lowest BCUT2D eigenvalue weighted by atomic mass is 10.1. The van der Waals surface area contributed by atoms with Crippen LogP contribution < -0.4 is 0 Å². The van der Waals surface area contributed by atoms with Gasteiger partial charge in [-0.05, 0) is 57.8 Å². The summed E-state index contributed by atoms with van der Waals surface area (Å²) in [4.78, 5) is 37.5. The van der Waals surface area contributed by atoms with Crippen LogP contribution in [0.5, 0.6) is 0 Å². The van der Waals surface area contributed by atoms with E-state index in [0.717, 1.165) is 83.5 Å². The minimum Gasteiger partial charge on any atom is -0.462 e. The molecule has 0 aromatic carbocycles. The van der Waals surface area contributed by atoms with E-state index in [4.69, 9.17) is 14.2 Å². The molecule has 0 N–H and O–H groups in total. The predicted octanol–water partition coefficient (Wildman–Crippen LogP) is 13.9. The summed E-state index contributed by atoms with van der Waals surface area (Å²) in [6, 6.07) is 0. The number of carbonyl (C=O) groups excluding carboxylic acids is 3. The van der Waals surface area contributed by atoms with Gasteiger partial charge >= 0.3 is 17.9 Å². The largest absolute Gasteiger partial charge is 0.462 e. The molecule has 0 aromatic heterocycles. The van der Waals surface area contributed by atoms with Crippen LogP contribution in [-0.4, -0.2) is 37.2 Å². The van der Waals surface area contributed by atoms with E-state index in [-0.39, 0.29) is 31.6 Å². The summed E-state index contributed by atoms with van der Waals surface area (Å²) < 4.78 is 16.5. The highest BCUT2D eigenvalue weighted by atomic mass is 16.6. The van der Waals surface area contributed by atoms with Gasteiger partial charge in [-0.25, -0.2) is 0 Å². The third-order valence-corrected chi connectivity index (χ3v) is 9.04. The molecule has 0 aliphatic rings. The molecule has 0 spiro atoms. The van der Waals surface area contributed by atoms with Gasteiger partial charge in [0.1, 0.15) is 13.2 Å². The Bertz CT molecular complexity index is 1050. The average molecular weight is 753 g/mol. The second kappa shape index (κ2) is 42.6. The van der Waals surface area contributed by atoms with Crippen LogP contribution in [0.25, 0.3) is 0 Å². The maximum absolute atomic E-state index is 12.6. The van der Waals surface area contributed by atoms with E-state index in [1.54, 1.807) is 6.08 Å². The molecule has 0 saturated carbocycles. The Hall–Kier alpha value is -3.15. The normalized spacial score (nSPS) is 12.7. The average Bonchev–Trinajstić information content (AvgIpc) is 3.17. The van der Waals surface area contributed by atoms with Gasteiger partial charge in [-0.3, -0.25) is 14.4 Å². The lowest BCUT2D eigenvalue weighted by Crippen LogP contribution is -2.30. The highest BCUT2D eigenvalue weighted by Crippen LogP contribution is 2.12. The molecule has 308 valence electrons. The number of hydrogen-bond donors (Lipinski definition) is 0. The zero-order valence-electron chi connectivity index (χ0n) is 35.0. The molecule has 54 heavy (non-hydrogen) atoms. The molecule has 0 saturated heterocycles. The standard InChI is InChI=1S/C48H80O6/c1-4-7-10-13-16-19-20-21-22-23-24-25-26-27-30-32-35-38-41-47(50)53-44-45(54-48(51)42-39-36-33-29-18-15-12-9-6-3)43-52-46(49)40-37-34-31-28-17-14-11-8-5-2/h9,12,18,20-25,29,36,39,45H,4-8,10-11,13-17,19,26-28,30-35,37-38,40-44H2,1-3H3/b12-9-,21-20-,23-22-,25-24-,29-18-,39-36-. The molecule has 0 aliphatic heterocycles. The molecule has 0 bridgehead atoms. The molecule has 0 radical (unpaired) electrons. The van der Waals surface area contributed by atoms with Crippen LogP contribution in [0, 0.1) is 0 Å². The van der Waals surface area contributed by atoms with Crippen molar-refractivity contribution in [2.45, 2.75) is 200 Å². The Balaban J connectivity index is 4.41. The van der Waals surface area contributed by atoms with E-state index in [1.165, 1.54) is 70.6 Å². The molecule has 0 heterocycles. The first-order valence-corrected chi connectivity index (χ1v) is 22.0. The molecule has 0 aliphatic carbocycles. The first-order valence-electron chi connectivity index (χ1n) is 22.0. The van der Waals surface area contributed by atoms with Gasteiger partial charge in [-0.15, -0.1) is 0 Å². The Kier molecular flexibility index (Phi) is 40.1. The fourth-order valence-electron chi connectivity index (χ4n) is 5.74. The van der Waals surface area contributed by atoms with Crippen molar-refractivity contribution in [1.29, 1.82) is 0 Å². The second-order valence-electron chi connectivity index (χ2n) is 14.3. The summed E-state index contributed by atoms with van der Waals surface area (Å²) in [6.45, 7) is 6.35. The van der Waals surface area contributed by atoms with E-state index >= 15 is 0 Å². The van der Waals surface area contributed by atoms with Gasteiger partial charge in [0, 0.05) is 12.8 Å². The monoisotopic (exact) mass is 753 g/mol. The molecule has 0 fully saturated rings. The lowest BCUT2D eigenvalue weighted by Gasteiger charge is -2.18. The van der Waals surface area contributed by atoms with Gasteiger partial charge in [0.2, 0.25) is 0 Å². The van der Waals surface area contributed by atoms with Gasteiger partial charge in [0.15, 0.2) is 6.10 Å². The lowest BCUT2D eigenvalue weighted by molar-refractivity contribution is -0.166. The van der Waals surface area contributed by atoms with Crippen molar-refractivity contribution in [3.8, 4) is 0 Å². The van der Waals surface area contributed by atoms with Crippen molar-refractivity contribution in [3.05, 3.63) is 72.9 Å². The Morgan fingerprint density at radius 1 is 0.426 bits per heavy atom. The predicted molar refractivity (Wildman–Crippen MR) is 228 cm³/mol. The first-order chi connectivity index (χ1) is 26.5. The fraction of sp³-hybridized carbons (Fsp3) is 0.688. The number of allylic oxidation sites excluding steroid dienone is 11. The van der Waals surface area contributed by atoms with Crippen LogP contribution in [-0.2, 0) is 28.6 Å². The SMILES string of the molecule is CC/C=C\C/C=C\C/C=C\CC(=O)OC(COC(=O)CCCCCCC\C=C/C=C\C=C/CCCCCCC)COC(=O)CCCCCCCCCCC. The number of carbonyl (C=O) groups is 3. The second-order valence-corrected chi connectivity index (χ2v) is 14.3. The van der Waals surface area contributed by atoms with Gasteiger partial charge in [-0.2, -0.15) is 0 Å². The smallest absolute Gasteiger partial charge is 0.310 e. The quantitative estimate of drug-likeness (QED) is 0.0205. The van der Waals surface area contributed by atoms with Gasteiger partial charge in [0.25, 0.3) is 0 Å². The fourth-order valence-corrected chi connectivity index (χ4v) is 5.74. The number of hydrogen-bond acceptors (Lipinski definition) is 6. The van der Waals surface area contributed by atoms with Crippen molar-refractivity contribution in [3.63, 3.8) is 0 Å². The topological polar surface area (TPSA) is 78.9 Å². The Labute approximate surface area is 332 Å². The van der Waals surface area contributed by atoms with Crippen molar-refractivity contribution < 1.29 is 28.6 Å². The van der Waals surface area contributed by atoms with E-state index in [9.17, 15) is 14.4 Å². The molecule has 0 rings (SSSR count). The summed E-state index contributed by atoms with van der Waals surface area (Å²) in [7, 11) is 0. The van der Waals surface area contributed by atoms with Gasteiger partial charge in [0.05, 0.1) is 6.42 Å². The molecule has 0 amide bonds. The third-order valence-electron chi connectivity index (χ3n) is 9.04. The van der Waals surface area contributed by atoms with Crippen LogP contribution in [0.1, 0.15) is 194 Å². The van der Waals surface area contributed by atoms with Crippen LogP contribution in [0.15, 0.2) is 72.9 Å². The minimum atomic E-state index is -0.827. The van der Waals surface area contributed by atoms with Crippen LogP contribution in [0.4, 0.5) is 0 Å². The van der Waals surface area contributed by atoms with Crippen molar-refractivity contribution in [1.82, 2.24) is 0 Å². The van der Waals surface area contributed by atoms with Gasteiger partial charge in [-0.1, -0.05) is 190 Å². The maximum Gasteiger partial charge on any atom is 0.310 e. The van der Waals surface area contributed by atoms with Gasteiger partial charge < -0.3 is 14.2 Å². The van der Waals surface area contributed by atoms with E-state index < -0.39 is 12.1 Å². The van der Waals surface area contributed by atoms with Crippen molar-refractivity contribution in [2.75, 3.05) is 13.2 Å². The summed E-state index contributed by atoms with van der Waals surface area (Å²) in [5.74, 6) is -1.07. The Morgan fingerprint density at radius 2 is 0.833 bits per heavy atom. The number of ether oxygens (including phenoxy) is 3. The van der Waals surface area contributed by atoms with E-state index in [1.807, 2.05) is 6.08 Å². The molecule has 6 heteroatoms. The molecule has 1 unspecified atom stereocenters. The summed E-state index contributed by atoms with van der Waals surface area (Å²) in [5, 5.41) is 0. The molecule has 6 nitrogen and oxygen atoms in total. The number of unbranched alkanes of at least 4 members (excludes halogenated alkanes) is 18. The van der Waals surface area contributed by atoms with Crippen molar-refractivity contribution in [2.24, 2.45) is 0 Å². The van der Waals surface area contributed by atoms with Crippen LogP contribution in [0.3, 0.4) is 0 Å². The van der Waals surface area contributed by atoms with Crippen molar-refractivity contribution >= 4 is 17.9 Å². The molecule has 1 atom stereocenters. The highest BCUT2D eigenvalue weighted by molar-refractivity contribution is 5.72. The summed E-state index contributed by atoms with van der Waals surface area (Å²) >= 11 is 0. The summed E-state index contributed by atoms with van der Waals surface area (Å²) in [6.07, 6.45) is 52.1. The van der Waals surface area contributed by atoms with E-state index in [0.29, 0.717) is 12.8 Å².